The minimum absolute atomic E-state index is 0.139. The van der Waals surface area contributed by atoms with Gasteiger partial charge < -0.3 is 25.0 Å². The van der Waals surface area contributed by atoms with Gasteiger partial charge in [-0.25, -0.2) is 15.1 Å². The zero-order chi connectivity index (χ0) is 23.2. The first-order valence-electron chi connectivity index (χ1n) is 9.23. The molecule has 0 bridgehead atoms. The van der Waals surface area contributed by atoms with Crippen molar-refractivity contribution in [2.45, 2.75) is 20.3 Å². The second-order valence-electron chi connectivity index (χ2n) is 6.26. The van der Waals surface area contributed by atoms with Crippen LogP contribution in [0.4, 0.5) is 5.69 Å². The number of fused-ring (bicyclic) bond motifs is 1. The van der Waals surface area contributed by atoms with Crippen molar-refractivity contribution in [2.75, 3.05) is 25.3 Å². The molecule has 0 aromatic carbocycles. The van der Waals surface area contributed by atoms with Crippen molar-refractivity contribution in [2.24, 2.45) is 0 Å². The number of hydroxylamine groups is 1. The van der Waals surface area contributed by atoms with Crippen molar-refractivity contribution >= 4 is 31.1 Å². The van der Waals surface area contributed by atoms with E-state index in [4.69, 9.17) is 19.6 Å². The molecule has 31 heavy (non-hydrogen) atoms. The number of nitrogen functional groups attached to an aromatic ring is 1. The molecule has 0 spiro atoms. The number of carboxylic acid groups (broad SMARTS) is 2. The summed E-state index contributed by atoms with van der Waals surface area (Å²) in [4.78, 5) is 40.2. The minimum atomic E-state index is -3.49. The van der Waals surface area contributed by atoms with Gasteiger partial charge in [-0.1, -0.05) is 24.3 Å². The fourth-order valence-electron chi connectivity index (χ4n) is 2.96. The third kappa shape index (κ3) is 5.80. The predicted octanol–water partition coefficient (Wildman–Crippen LogP) is 2.58. The summed E-state index contributed by atoms with van der Waals surface area (Å²) < 4.78 is 22.4. The summed E-state index contributed by atoms with van der Waals surface area (Å²) in [6.45, 7) is 3.57. The SMILES string of the molecule is CCOP(=O)(CONC(=O)Cc1ccc2c(C(=O)O)c(N)c(C(=O)O)c-2cc1)OCC. The molecule has 168 valence electrons. The molecule has 0 fully saturated rings. The van der Waals surface area contributed by atoms with Gasteiger partial charge in [-0.15, -0.1) is 0 Å². The lowest BCUT2D eigenvalue weighted by Gasteiger charge is -2.16. The normalized spacial score (nSPS) is 11.4. The van der Waals surface area contributed by atoms with Gasteiger partial charge >= 0.3 is 19.5 Å². The zero-order valence-electron chi connectivity index (χ0n) is 16.9. The Kier molecular flexibility index (Phi) is 8.12. The minimum Gasteiger partial charge on any atom is -0.478 e. The van der Waals surface area contributed by atoms with E-state index in [0.717, 1.165) is 0 Å². The monoisotopic (exact) mass is 454 g/mol. The standard InChI is InChI=1S/C19H23N2O9P/c1-3-29-31(27,30-4-2)10-28-21-14(22)9-11-5-7-12-13(8-6-11)16(19(25)26)17(20)15(12)18(23)24/h5-8H,3-4,9-10,20H2,1-2H3,(H,21,22)(H,23,24)(H,25,26). The van der Waals surface area contributed by atoms with Crippen molar-refractivity contribution in [1.29, 1.82) is 0 Å². The number of nitrogens with one attached hydrogen (secondary N) is 1. The lowest BCUT2D eigenvalue weighted by molar-refractivity contribution is -0.131. The van der Waals surface area contributed by atoms with Crippen LogP contribution in [0.1, 0.15) is 40.1 Å². The highest BCUT2D eigenvalue weighted by molar-refractivity contribution is 7.53. The molecular formula is C19H23N2O9P. The molecule has 0 aliphatic heterocycles. The van der Waals surface area contributed by atoms with Gasteiger partial charge in [0.05, 0.1) is 36.4 Å². The number of hydrogen-bond donors (Lipinski definition) is 4. The fourth-order valence-corrected chi connectivity index (χ4v) is 4.20. The van der Waals surface area contributed by atoms with Gasteiger partial charge in [0.1, 0.15) is 0 Å². The van der Waals surface area contributed by atoms with Crippen LogP contribution in [0.2, 0.25) is 0 Å². The molecule has 2 rings (SSSR count). The third-order valence-electron chi connectivity index (χ3n) is 4.15. The van der Waals surface area contributed by atoms with Crippen molar-refractivity contribution in [3.63, 3.8) is 0 Å². The van der Waals surface area contributed by atoms with E-state index in [2.05, 4.69) is 5.48 Å². The Balaban J connectivity index is 2.17. The van der Waals surface area contributed by atoms with E-state index < -0.39 is 31.8 Å². The highest BCUT2D eigenvalue weighted by Gasteiger charge is 2.29. The first-order chi connectivity index (χ1) is 14.6. The molecule has 2 aliphatic rings. The van der Waals surface area contributed by atoms with Crippen LogP contribution in [0.25, 0.3) is 11.1 Å². The van der Waals surface area contributed by atoms with Crippen LogP contribution >= 0.6 is 7.60 Å². The lowest BCUT2D eigenvalue weighted by Crippen LogP contribution is -2.26. The number of hydrogen-bond acceptors (Lipinski definition) is 8. The molecule has 12 heteroatoms. The molecule has 0 unspecified atom stereocenters. The Morgan fingerprint density at radius 3 is 1.87 bits per heavy atom. The molecule has 0 radical (unpaired) electrons. The highest BCUT2D eigenvalue weighted by atomic mass is 31.2. The third-order valence-corrected chi connectivity index (χ3v) is 5.90. The zero-order valence-corrected chi connectivity index (χ0v) is 17.8. The van der Waals surface area contributed by atoms with E-state index in [1.807, 2.05) is 0 Å². The Hall–Kier alpha value is -2.98. The molecule has 0 saturated carbocycles. The van der Waals surface area contributed by atoms with Crippen molar-refractivity contribution in [3.05, 3.63) is 41.0 Å². The summed E-state index contributed by atoms with van der Waals surface area (Å²) in [6.07, 6.45) is -0.647. The number of carbonyl (C=O) groups excluding carboxylic acids is 1. The first kappa shape index (κ1) is 24.3. The van der Waals surface area contributed by atoms with Crippen LogP contribution in [0.3, 0.4) is 0 Å². The van der Waals surface area contributed by atoms with E-state index in [9.17, 15) is 29.2 Å². The van der Waals surface area contributed by atoms with Crippen molar-refractivity contribution in [3.8, 4) is 11.1 Å². The van der Waals surface area contributed by atoms with Crippen molar-refractivity contribution in [1.82, 2.24) is 5.48 Å². The van der Waals surface area contributed by atoms with Gasteiger partial charge in [-0.3, -0.25) is 14.2 Å². The second kappa shape index (κ2) is 10.4. The van der Waals surface area contributed by atoms with Crippen LogP contribution in [-0.4, -0.2) is 47.6 Å². The van der Waals surface area contributed by atoms with E-state index in [0.29, 0.717) is 5.56 Å². The number of aromatic carboxylic acids is 2. The topological polar surface area (TPSA) is 174 Å². The smallest absolute Gasteiger partial charge is 0.358 e. The van der Waals surface area contributed by atoms with Crippen LogP contribution in [-0.2, 0) is 29.7 Å². The molecular weight excluding hydrogens is 431 g/mol. The summed E-state index contributed by atoms with van der Waals surface area (Å²) >= 11 is 0. The molecule has 0 aromatic rings. The number of rotatable bonds is 11. The van der Waals surface area contributed by atoms with Crippen molar-refractivity contribution < 1.29 is 43.0 Å². The Morgan fingerprint density at radius 2 is 1.45 bits per heavy atom. The molecule has 0 aromatic heterocycles. The van der Waals surface area contributed by atoms with E-state index in [1.54, 1.807) is 13.8 Å². The van der Waals surface area contributed by atoms with Gasteiger partial charge in [0.15, 0.2) is 6.35 Å². The van der Waals surface area contributed by atoms with Crippen LogP contribution in [0.15, 0.2) is 24.3 Å². The summed E-state index contributed by atoms with van der Waals surface area (Å²) in [5, 5.41) is 18.8. The maximum absolute atomic E-state index is 12.3. The number of carboxylic acids is 2. The molecule has 2 aliphatic carbocycles. The molecule has 0 atom stereocenters. The Morgan fingerprint density at radius 1 is 0.968 bits per heavy atom. The maximum Gasteiger partial charge on any atom is 0.358 e. The highest BCUT2D eigenvalue weighted by Crippen LogP contribution is 2.47. The average molecular weight is 454 g/mol. The summed E-state index contributed by atoms with van der Waals surface area (Å²) in [7, 11) is -3.49. The van der Waals surface area contributed by atoms with Crippen LogP contribution in [0.5, 0.6) is 0 Å². The number of carbonyl (C=O) groups is 3. The molecule has 0 heterocycles. The van der Waals surface area contributed by atoms with E-state index in [1.165, 1.54) is 24.3 Å². The maximum atomic E-state index is 12.3. The number of anilines is 1. The second-order valence-corrected chi connectivity index (χ2v) is 8.26. The van der Waals surface area contributed by atoms with E-state index in [-0.39, 0.29) is 47.6 Å². The quantitative estimate of drug-likeness (QED) is 0.292. The van der Waals surface area contributed by atoms with E-state index >= 15 is 0 Å². The van der Waals surface area contributed by atoms with Crippen LogP contribution in [0, 0.1) is 0 Å². The first-order valence-corrected chi connectivity index (χ1v) is 11.0. The Labute approximate surface area is 177 Å². The molecule has 0 saturated heterocycles. The Bertz CT molecular complexity index is 946. The molecule has 1 amide bonds. The van der Waals surface area contributed by atoms with Crippen LogP contribution < -0.4 is 11.2 Å². The molecule has 11 nitrogen and oxygen atoms in total. The largest absolute Gasteiger partial charge is 0.478 e. The predicted molar refractivity (Wildman–Crippen MR) is 110 cm³/mol. The van der Waals surface area contributed by atoms with Gasteiger partial charge in [-0.2, -0.15) is 0 Å². The number of amides is 1. The van der Waals surface area contributed by atoms with Gasteiger partial charge in [0.25, 0.3) is 0 Å². The summed E-state index contributed by atoms with van der Waals surface area (Å²) in [5.74, 6) is -3.30. The van der Waals surface area contributed by atoms with Gasteiger partial charge in [0, 0.05) is 0 Å². The molecule has 5 N–H and O–H groups in total. The van der Waals surface area contributed by atoms with Gasteiger partial charge in [0.2, 0.25) is 5.91 Å². The average Bonchev–Trinajstić information content (AvgIpc) is 2.81. The summed E-state index contributed by atoms with van der Waals surface area (Å²) in [5.41, 5.74) is 7.62. The summed E-state index contributed by atoms with van der Waals surface area (Å²) in [6, 6.07) is 5.74. The van der Waals surface area contributed by atoms with Gasteiger partial charge in [-0.05, 0) is 30.5 Å². The fraction of sp³-hybridized carbons (Fsp3) is 0.316. The lowest BCUT2D eigenvalue weighted by atomic mass is 10.1. The number of nitrogens with two attached hydrogens (primary N) is 1.